The Morgan fingerprint density at radius 1 is 1.50 bits per heavy atom. The van der Waals surface area contributed by atoms with E-state index in [0.29, 0.717) is 23.9 Å². The molecule has 1 aliphatic heterocycles. The van der Waals surface area contributed by atoms with Crippen molar-refractivity contribution in [3.05, 3.63) is 10.4 Å². The van der Waals surface area contributed by atoms with E-state index >= 15 is 0 Å². The quantitative estimate of drug-likeness (QED) is 0.808. The molecule has 0 bridgehead atoms. The van der Waals surface area contributed by atoms with Gasteiger partial charge in [0, 0.05) is 13.2 Å². The lowest BCUT2D eigenvalue weighted by Crippen LogP contribution is -2.37. The van der Waals surface area contributed by atoms with Gasteiger partial charge in [-0.25, -0.2) is 4.79 Å². The highest BCUT2D eigenvalue weighted by Crippen LogP contribution is 2.29. The first-order chi connectivity index (χ1) is 10.5. The van der Waals surface area contributed by atoms with Crippen molar-refractivity contribution in [3.8, 4) is 5.88 Å². The van der Waals surface area contributed by atoms with Gasteiger partial charge in [-0.3, -0.25) is 0 Å². The molecule has 1 saturated heterocycles. The third-order valence-corrected chi connectivity index (χ3v) is 4.66. The molecule has 1 aliphatic rings. The normalized spacial score (nSPS) is 20.6. The van der Waals surface area contributed by atoms with Gasteiger partial charge < -0.3 is 19.5 Å². The molecule has 0 saturated carbocycles. The number of rotatable bonds is 6. The Morgan fingerprint density at radius 2 is 2.27 bits per heavy atom. The summed E-state index contributed by atoms with van der Waals surface area (Å²) in [5.41, 5.74) is 0.380. The molecule has 0 aliphatic carbocycles. The number of hydrogen-bond donors (Lipinski definition) is 1. The van der Waals surface area contributed by atoms with Crippen LogP contribution in [0.15, 0.2) is 0 Å². The van der Waals surface area contributed by atoms with Crippen LogP contribution in [-0.4, -0.2) is 43.3 Å². The van der Waals surface area contributed by atoms with Crippen molar-refractivity contribution in [3.63, 3.8) is 0 Å². The van der Waals surface area contributed by atoms with Gasteiger partial charge in [0.1, 0.15) is 5.56 Å². The molecule has 124 valence electrons. The number of methoxy groups -OCH3 is 2. The molecule has 0 amide bonds. The molecular formula is C15H24N2O4S. The van der Waals surface area contributed by atoms with Gasteiger partial charge in [-0.05, 0) is 50.7 Å². The lowest BCUT2D eigenvalue weighted by Gasteiger charge is -2.35. The van der Waals surface area contributed by atoms with E-state index in [1.807, 2.05) is 0 Å². The predicted molar refractivity (Wildman–Crippen MR) is 84.5 cm³/mol. The number of carbonyl (C=O) groups is 1. The molecular weight excluding hydrogens is 304 g/mol. The summed E-state index contributed by atoms with van der Waals surface area (Å²) in [7, 11) is 2.86. The molecule has 0 spiro atoms. The van der Waals surface area contributed by atoms with Crippen LogP contribution in [0.1, 0.15) is 41.9 Å². The van der Waals surface area contributed by atoms with Crippen LogP contribution < -0.4 is 10.1 Å². The number of hydrogen-bond acceptors (Lipinski definition) is 7. The molecule has 1 unspecified atom stereocenters. The van der Waals surface area contributed by atoms with Crippen LogP contribution in [0, 0.1) is 5.92 Å². The minimum atomic E-state index is -0.408. The average Bonchev–Trinajstić information content (AvgIpc) is 2.88. The van der Waals surface area contributed by atoms with Gasteiger partial charge in [-0.2, -0.15) is 4.37 Å². The molecule has 1 aromatic heterocycles. The molecule has 22 heavy (non-hydrogen) atoms. The van der Waals surface area contributed by atoms with Gasteiger partial charge in [-0.15, -0.1) is 0 Å². The van der Waals surface area contributed by atoms with E-state index in [0.717, 1.165) is 30.9 Å². The lowest BCUT2D eigenvalue weighted by molar-refractivity contribution is -0.0718. The summed E-state index contributed by atoms with van der Waals surface area (Å²) in [6, 6.07) is 0. The maximum atomic E-state index is 11.8. The van der Waals surface area contributed by atoms with Crippen LogP contribution >= 0.6 is 11.5 Å². The van der Waals surface area contributed by atoms with Crippen molar-refractivity contribution in [2.75, 3.05) is 27.4 Å². The summed E-state index contributed by atoms with van der Waals surface area (Å²) in [4.78, 5) is 12.7. The summed E-state index contributed by atoms with van der Waals surface area (Å²) in [6.07, 6.45) is 2.10. The topological polar surface area (TPSA) is 69.7 Å². The summed E-state index contributed by atoms with van der Waals surface area (Å²) in [5.74, 6) is 0.510. The number of aromatic nitrogens is 1. The molecule has 1 atom stereocenters. The van der Waals surface area contributed by atoms with E-state index in [1.54, 1.807) is 0 Å². The van der Waals surface area contributed by atoms with Crippen molar-refractivity contribution in [2.24, 2.45) is 5.92 Å². The molecule has 1 aromatic rings. The van der Waals surface area contributed by atoms with Crippen LogP contribution in [-0.2, 0) is 16.0 Å². The van der Waals surface area contributed by atoms with E-state index in [9.17, 15) is 4.79 Å². The first kappa shape index (κ1) is 17.2. The molecule has 1 N–H and O–H groups in total. The second-order valence-electron chi connectivity index (χ2n) is 6.08. The third-order valence-electron chi connectivity index (χ3n) is 3.83. The second-order valence-corrected chi connectivity index (χ2v) is 6.94. The third kappa shape index (κ3) is 4.18. The Balaban J connectivity index is 1.92. The molecule has 2 rings (SSSR count). The van der Waals surface area contributed by atoms with Gasteiger partial charge in [0.05, 0.1) is 24.7 Å². The highest BCUT2D eigenvalue weighted by molar-refractivity contribution is 7.06. The molecule has 1 fully saturated rings. The number of esters is 1. The number of ether oxygens (including phenoxy) is 3. The fraction of sp³-hybridized carbons (Fsp3) is 0.733. The van der Waals surface area contributed by atoms with E-state index < -0.39 is 5.97 Å². The highest BCUT2D eigenvalue weighted by atomic mass is 32.1. The van der Waals surface area contributed by atoms with Crippen LogP contribution in [0.5, 0.6) is 5.88 Å². The monoisotopic (exact) mass is 328 g/mol. The van der Waals surface area contributed by atoms with Crippen LogP contribution in [0.2, 0.25) is 0 Å². The van der Waals surface area contributed by atoms with Crippen LogP contribution in [0.3, 0.4) is 0 Å². The van der Waals surface area contributed by atoms with Gasteiger partial charge in [-0.1, -0.05) is 0 Å². The van der Waals surface area contributed by atoms with E-state index in [-0.39, 0.29) is 5.60 Å². The first-order valence-corrected chi connectivity index (χ1v) is 8.19. The summed E-state index contributed by atoms with van der Waals surface area (Å²) in [5, 5.41) is 3.42. The maximum Gasteiger partial charge on any atom is 0.344 e. The first-order valence-electron chi connectivity index (χ1n) is 7.42. The molecule has 0 radical (unpaired) electrons. The van der Waals surface area contributed by atoms with Gasteiger partial charge in [0.2, 0.25) is 5.88 Å². The van der Waals surface area contributed by atoms with Gasteiger partial charge in [0.15, 0.2) is 0 Å². The average molecular weight is 328 g/mol. The minimum Gasteiger partial charge on any atom is -0.480 e. The second kappa shape index (κ2) is 7.39. The number of nitrogens with one attached hydrogen (secondary N) is 1. The molecule has 0 aromatic carbocycles. The zero-order valence-electron chi connectivity index (χ0n) is 13.6. The largest absolute Gasteiger partial charge is 0.480 e. The molecule has 2 heterocycles. The Kier molecular flexibility index (Phi) is 5.77. The Bertz CT molecular complexity index is 516. The fourth-order valence-electron chi connectivity index (χ4n) is 2.79. The minimum absolute atomic E-state index is 0.0461. The van der Waals surface area contributed by atoms with Crippen molar-refractivity contribution in [1.82, 2.24) is 9.69 Å². The van der Waals surface area contributed by atoms with Crippen molar-refractivity contribution in [1.29, 1.82) is 0 Å². The highest BCUT2D eigenvalue weighted by Gasteiger charge is 2.28. The predicted octanol–water partition coefficient (Wildman–Crippen LogP) is 2.23. The summed E-state index contributed by atoms with van der Waals surface area (Å²) < 4.78 is 19.8. The molecule has 6 nitrogen and oxygen atoms in total. The Labute approximate surface area is 135 Å². The van der Waals surface area contributed by atoms with Crippen LogP contribution in [0.25, 0.3) is 0 Å². The van der Waals surface area contributed by atoms with Crippen LogP contribution in [0.4, 0.5) is 0 Å². The fourth-order valence-corrected chi connectivity index (χ4v) is 3.58. The standard InChI is InChI=1S/C15H24N2O4S/c1-15(2)7-10(5-6-21-15)8-16-9-11-12(14(18)20-4)13(19-3)17-22-11/h10,16H,5-9H2,1-4H3. The SMILES string of the molecule is COC(=O)c1c(OC)nsc1CNCC1CCOC(C)(C)C1. The smallest absolute Gasteiger partial charge is 0.344 e. The molecule has 7 heteroatoms. The number of carbonyl (C=O) groups excluding carboxylic acids is 1. The zero-order valence-corrected chi connectivity index (χ0v) is 14.4. The van der Waals surface area contributed by atoms with Gasteiger partial charge >= 0.3 is 5.97 Å². The van der Waals surface area contributed by atoms with E-state index in [4.69, 9.17) is 14.2 Å². The summed E-state index contributed by atoms with van der Waals surface area (Å²) in [6.45, 7) is 6.54. The van der Waals surface area contributed by atoms with Gasteiger partial charge in [0.25, 0.3) is 0 Å². The Hall–Kier alpha value is -1.18. The van der Waals surface area contributed by atoms with Crippen molar-refractivity contribution < 1.29 is 19.0 Å². The lowest BCUT2D eigenvalue weighted by atomic mass is 9.88. The summed E-state index contributed by atoms with van der Waals surface area (Å²) >= 11 is 1.27. The zero-order chi connectivity index (χ0) is 16.2. The van der Waals surface area contributed by atoms with E-state index in [1.165, 1.54) is 25.8 Å². The van der Waals surface area contributed by atoms with Crippen molar-refractivity contribution in [2.45, 2.75) is 38.8 Å². The maximum absolute atomic E-state index is 11.8. The Morgan fingerprint density at radius 3 is 2.91 bits per heavy atom. The van der Waals surface area contributed by atoms with Crippen molar-refractivity contribution >= 4 is 17.5 Å². The number of nitrogens with zero attached hydrogens (tertiary/aromatic N) is 1. The van der Waals surface area contributed by atoms with E-state index in [2.05, 4.69) is 23.5 Å².